The number of nitrogens with one attached hydrogen (secondary N) is 1. The average Bonchev–Trinajstić information content (AvgIpc) is 2.83. The van der Waals surface area contributed by atoms with Crippen LogP contribution in [0.2, 0.25) is 0 Å². The van der Waals surface area contributed by atoms with Crippen molar-refractivity contribution in [3.8, 4) is 5.75 Å². The molecule has 1 heterocycles. The molecule has 0 bridgehead atoms. The van der Waals surface area contributed by atoms with Crippen molar-refractivity contribution >= 4 is 22.4 Å². The van der Waals surface area contributed by atoms with Gasteiger partial charge in [-0.3, -0.25) is 10.1 Å². The summed E-state index contributed by atoms with van der Waals surface area (Å²) in [7, 11) is 0. The number of benzene rings is 1. The number of amides is 1. The molecule has 0 aliphatic rings. The van der Waals surface area contributed by atoms with Gasteiger partial charge in [0.05, 0.1) is 0 Å². The first kappa shape index (κ1) is 14.4. The van der Waals surface area contributed by atoms with E-state index < -0.39 is 0 Å². The van der Waals surface area contributed by atoms with Gasteiger partial charge in [0.2, 0.25) is 5.13 Å². The number of aromatic nitrogens is 2. The Morgan fingerprint density at radius 3 is 2.60 bits per heavy atom. The summed E-state index contributed by atoms with van der Waals surface area (Å²) in [5.74, 6) is 0.404. The van der Waals surface area contributed by atoms with E-state index in [0.29, 0.717) is 22.4 Å². The lowest BCUT2D eigenvalue weighted by molar-refractivity contribution is -0.118. The average molecular weight is 292 g/mol. The van der Waals surface area contributed by atoms with Crippen LogP contribution in [0.4, 0.5) is 5.13 Å². The summed E-state index contributed by atoms with van der Waals surface area (Å²) in [4.78, 5) is 11.7. The van der Waals surface area contributed by atoms with Gasteiger partial charge < -0.3 is 10.5 Å². The Bertz CT molecular complexity index is 592. The number of anilines is 1. The van der Waals surface area contributed by atoms with Crippen molar-refractivity contribution in [3.63, 3.8) is 0 Å². The summed E-state index contributed by atoms with van der Waals surface area (Å²) in [6.07, 6.45) is 0. The van der Waals surface area contributed by atoms with E-state index in [-0.39, 0.29) is 12.5 Å². The molecule has 0 atom stereocenters. The van der Waals surface area contributed by atoms with Gasteiger partial charge in [-0.05, 0) is 37.1 Å². The molecule has 2 rings (SSSR count). The van der Waals surface area contributed by atoms with Gasteiger partial charge >= 0.3 is 0 Å². The Kier molecular flexibility index (Phi) is 4.65. The Morgan fingerprint density at radius 2 is 2.00 bits per heavy atom. The van der Waals surface area contributed by atoms with Gasteiger partial charge in [0.1, 0.15) is 10.8 Å². The van der Waals surface area contributed by atoms with E-state index in [1.54, 1.807) is 0 Å². The molecule has 106 valence electrons. The number of carbonyl (C=O) groups excluding carboxylic acids is 1. The summed E-state index contributed by atoms with van der Waals surface area (Å²) in [6.45, 7) is 4.21. The quantitative estimate of drug-likeness (QED) is 0.874. The highest BCUT2D eigenvalue weighted by Gasteiger charge is 2.08. The van der Waals surface area contributed by atoms with E-state index in [2.05, 4.69) is 15.5 Å². The van der Waals surface area contributed by atoms with Gasteiger partial charge in [0.25, 0.3) is 5.91 Å². The predicted octanol–water partition coefficient (Wildman–Crippen LogP) is 1.63. The second kappa shape index (κ2) is 6.44. The summed E-state index contributed by atoms with van der Waals surface area (Å²) < 4.78 is 5.45. The van der Waals surface area contributed by atoms with Gasteiger partial charge in [0.15, 0.2) is 6.61 Å². The summed E-state index contributed by atoms with van der Waals surface area (Å²) in [5, 5.41) is 11.4. The first-order valence-electron chi connectivity index (χ1n) is 6.10. The zero-order valence-corrected chi connectivity index (χ0v) is 12.2. The molecule has 0 radical (unpaired) electrons. The van der Waals surface area contributed by atoms with Crippen LogP contribution in [0, 0.1) is 13.8 Å². The maximum absolute atomic E-state index is 11.7. The first-order chi connectivity index (χ1) is 9.56. The van der Waals surface area contributed by atoms with Crippen LogP contribution >= 0.6 is 11.3 Å². The molecule has 7 heteroatoms. The van der Waals surface area contributed by atoms with Crippen LogP contribution in [-0.2, 0) is 11.3 Å². The molecule has 0 unspecified atom stereocenters. The fourth-order valence-electron chi connectivity index (χ4n) is 1.71. The number of carbonyl (C=O) groups is 1. The van der Waals surface area contributed by atoms with Crippen LogP contribution < -0.4 is 15.8 Å². The molecule has 0 aliphatic carbocycles. The second-order valence-electron chi connectivity index (χ2n) is 4.37. The molecule has 6 nitrogen and oxygen atoms in total. The largest absolute Gasteiger partial charge is 0.484 e. The topological polar surface area (TPSA) is 90.1 Å². The molecule has 0 saturated carbocycles. The highest BCUT2D eigenvalue weighted by Crippen LogP contribution is 2.17. The van der Waals surface area contributed by atoms with Gasteiger partial charge in [-0.2, -0.15) is 0 Å². The second-order valence-corrected chi connectivity index (χ2v) is 5.43. The van der Waals surface area contributed by atoms with Gasteiger partial charge in [-0.1, -0.05) is 17.4 Å². The van der Waals surface area contributed by atoms with Gasteiger partial charge in [-0.25, -0.2) is 0 Å². The number of nitrogens with zero attached hydrogens (tertiary/aromatic N) is 2. The Morgan fingerprint density at radius 1 is 1.30 bits per heavy atom. The van der Waals surface area contributed by atoms with Crippen molar-refractivity contribution in [2.24, 2.45) is 5.73 Å². The summed E-state index contributed by atoms with van der Waals surface area (Å²) in [6, 6.07) is 5.82. The molecule has 0 fully saturated rings. The number of nitrogens with two attached hydrogens (primary N) is 1. The lowest BCUT2D eigenvalue weighted by Gasteiger charge is -2.07. The molecule has 0 spiro atoms. The Labute approximate surface area is 121 Å². The van der Waals surface area contributed by atoms with Crippen molar-refractivity contribution in [1.82, 2.24) is 10.2 Å². The molecular weight excluding hydrogens is 276 g/mol. The zero-order valence-electron chi connectivity index (χ0n) is 11.3. The fraction of sp³-hybridized carbons (Fsp3) is 0.308. The smallest absolute Gasteiger partial charge is 0.264 e. The first-order valence-corrected chi connectivity index (χ1v) is 6.92. The van der Waals surface area contributed by atoms with E-state index in [9.17, 15) is 4.79 Å². The van der Waals surface area contributed by atoms with Crippen LogP contribution in [0.5, 0.6) is 5.75 Å². The summed E-state index contributed by atoms with van der Waals surface area (Å²) >= 11 is 1.25. The van der Waals surface area contributed by atoms with Crippen LogP contribution in [0.25, 0.3) is 0 Å². The Hall–Kier alpha value is -1.99. The minimum Gasteiger partial charge on any atom is -0.484 e. The Balaban J connectivity index is 1.88. The molecule has 0 aliphatic heterocycles. The summed E-state index contributed by atoms with van der Waals surface area (Å²) in [5.41, 5.74) is 7.62. The molecule has 2 aromatic rings. The number of hydrogen-bond donors (Lipinski definition) is 2. The van der Waals surface area contributed by atoms with E-state index in [1.165, 1.54) is 11.3 Å². The lowest BCUT2D eigenvalue weighted by atomic mass is 10.1. The SMILES string of the molecule is Cc1cc(C)cc(OCC(=O)Nc2nnc(CN)s2)c1. The maximum Gasteiger partial charge on any atom is 0.264 e. The van der Waals surface area contributed by atoms with Crippen molar-refractivity contribution in [2.75, 3.05) is 11.9 Å². The van der Waals surface area contributed by atoms with Crippen molar-refractivity contribution in [3.05, 3.63) is 34.3 Å². The third kappa shape index (κ3) is 4.01. The number of rotatable bonds is 5. The van der Waals surface area contributed by atoms with Crippen LogP contribution in [-0.4, -0.2) is 22.7 Å². The zero-order chi connectivity index (χ0) is 14.5. The fourth-order valence-corrected chi connectivity index (χ4v) is 2.34. The molecule has 1 aromatic heterocycles. The van der Waals surface area contributed by atoms with Crippen molar-refractivity contribution in [1.29, 1.82) is 0 Å². The standard InChI is InChI=1S/C13H16N4O2S/c1-8-3-9(2)5-10(4-8)19-7-11(18)15-13-17-16-12(6-14)20-13/h3-5H,6-7,14H2,1-2H3,(H,15,17,18). The normalized spacial score (nSPS) is 10.3. The molecule has 1 amide bonds. The maximum atomic E-state index is 11.7. The van der Waals surface area contributed by atoms with Gasteiger partial charge in [0, 0.05) is 6.54 Å². The highest BCUT2D eigenvalue weighted by molar-refractivity contribution is 7.15. The number of aryl methyl sites for hydroxylation is 2. The lowest BCUT2D eigenvalue weighted by Crippen LogP contribution is -2.20. The number of ether oxygens (including phenoxy) is 1. The third-order valence-electron chi connectivity index (χ3n) is 2.45. The molecule has 0 saturated heterocycles. The van der Waals surface area contributed by atoms with Crippen LogP contribution in [0.3, 0.4) is 0 Å². The monoisotopic (exact) mass is 292 g/mol. The predicted molar refractivity (Wildman–Crippen MR) is 77.8 cm³/mol. The third-order valence-corrected chi connectivity index (χ3v) is 3.31. The van der Waals surface area contributed by atoms with E-state index in [4.69, 9.17) is 10.5 Å². The van der Waals surface area contributed by atoms with Crippen molar-refractivity contribution < 1.29 is 9.53 Å². The van der Waals surface area contributed by atoms with Gasteiger partial charge in [-0.15, -0.1) is 10.2 Å². The minimum absolute atomic E-state index is 0.0690. The van der Waals surface area contributed by atoms with Crippen LogP contribution in [0.1, 0.15) is 16.1 Å². The van der Waals surface area contributed by atoms with Crippen molar-refractivity contribution in [2.45, 2.75) is 20.4 Å². The highest BCUT2D eigenvalue weighted by atomic mass is 32.1. The van der Waals surface area contributed by atoms with E-state index in [0.717, 1.165) is 11.1 Å². The molecule has 3 N–H and O–H groups in total. The minimum atomic E-state index is -0.274. The molecule has 1 aromatic carbocycles. The van der Waals surface area contributed by atoms with E-state index >= 15 is 0 Å². The molecular formula is C13H16N4O2S. The van der Waals surface area contributed by atoms with Crippen LogP contribution in [0.15, 0.2) is 18.2 Å². The number of hydrogen-bond acceptors (Lipinski definition) is 6. The van der Waals surface area contributed by atoms with E-state index in [1.807, 2.05) is 32.0 Å². The molecule has 20 heavy (non-hydrogen) atoms.